The summed E-state index contributed by atoms with van der Waals surface area (Å²) in [5, 5.41) is 4.04. The molecule has 0 saturated carbocycles. The Morgan fingerprint density at radius 2 is 1.92 bits per heavy atom. The normalized spacial score (nSPS) is 11.7. The van der Waals surface area contributed by atoms with Crippen LogP contribution in [0.25, 0.3) is 11.2 Å². The Kier molecular flexibility index (Phi) is 9.65. The highest BCUT2D eigenvalue weighted by molar-refractivity contribution is 7.92. The van der Waals surface area contributed by atoms with Crippen LogP contribution in [0.2, 0.25) is 5.02 Å². The summed E-state index contributed by atoms with van der Waals surface area (Å²) in [5.41, 5.74) is 2.11. The van der Waals surface area contributed by atoms with Gasteiger partial charge in [-0.25, -0.2) is 27.9 Å². The third-order valence-corrected chi connectivity index (χ3v) is 6.71. The van der Waals surface area contributed by atoms with Gasteiger partial charge in [0.1, 0.15) is 17.0 Å². The predicted molar refractivity (Wildman–Crippen MR) is 143 cm³/mol. The lowest BCUT2D eigenvalue weighted by molar-refractivity contribution is 0.0977. The van der Waals surface area contributed by atoms with E-state index in [9.17, 15) is 18.0 Å². The fourth-order valence-corrected chi connectivity index (χ4v) is 4.46. The number of imidazole rings is 1. The van der Waals surface area contributed by atoms with Crippen LogP contribution >= 0.6 is 11.6 Å². The summed E-state index contributed by atoms with van der Waals surface area (Å²) in [5.74, 6) is -0.208. The first kappa shape index (κ1) is 28.1. The molecule has 0 saturated heterocycles. The molecular formula is C25H30ClN5O5S. The van der Waals surface area contributed by atoms with Crippen molar-refractivity contribution in [3.63, 3.8) is 0 Å². The first-order valence-corrected chi connectivity index (χ1v) is 13.9. The van der Waals surface area contributed by atoms with Crippen LogP contribution in [0.5, 0.6) is 0 Å². The molecule has 2 amide bonds. The van der Waals surface area contributed by atoms with Crippen molar-refractivity contribution in [2.75, 3.05) is 11.9 Å². The molecule has 12 heteroatoms. The SMILES string of the molecule is CCC/C=C/S(=O)(=O)NC(=O)c1ccc2nc(C)n(Cc3ccc(NC(=O)OCCCC)cc3Cl)c2n1. The number of fused-ring (bicyclic) bond motifs is 1. The minimum Gasteiger partial charge on any atom is -0.449 e. The smallest absolute Gasteiger partial charge is 0.411 e. The molecule has 3 aromatic rings. The summed E-state index contributed by atoms with van der Waals surface area (Å²) in [6.07, 6.45) is 4.02. The van der Waals surface area contributed by atoms with Crippen LogP contribution in [-0.2, 0) is 21.3 Å². The summed E-state index contributed by atoms with van der Waals surface area (Å²) in [4.78, 5) is 33.3. The van der Waals surface area contributed by atoms with Crippen molar-refractivity contribution in [1.82, 2.24) is 19.3 Å². The van der Waals surface area contributed by atoms with Crippen LogP contribution < -0.4 is 10.0 Å². The minimum atomic E-state index is -3.93. The van der Waals surface area contributed by atoms with Crippen LogP contribution in [0.4, 0.5) is 10.5 Å². The zero-order valence-corrected chi connectivity index (χ0v) is 22.5. The van der Waals surface area contributed by atoms with Gasteiger partial charge in [-0.3, -0.25) is 10.1 Å². The molecule has 2 heterocycles. The molecular weight excluding hydrogens is 518 g/mol. The Bertz CT molecular complexity index is 1420. The first-order chi connectivity index (χ1) is 17.6. The van der Waals surface area contributed by atoms with Crippen molar-refractivity contribution in [2.24, 2.45) is 0 Å². The van der Waals surface area contributed by atoms with Crippen LogP contribution in [-0.4, -0.2) is 41.6 Å². The summed E-state index contributed by atoms with van der Waals surface area (Å²) in [6.45, 7) is 6.35. The number of carbonyl (C=O) groups is 2. The van der Waals surface area contributed by atoms with E-state index in [2.05, 4.69) is 15.3 Å². The van der Waals surface area contributed by atoms with E-state index in [0.29, 0.717) is 47.3 Å². The quantitative estimate of drug-likeness (QED) is 0.317. The molecule has 2 aromatic heterocycles. The van der Waals surface area contributed by atoms with E-state index in [0.717, 1.165) is 30.2 Å². The number of unbranched alkanes of at least 4 members (excludes halogenated alkanes) is 2. The molecule has 0 aliphatic heterocycles. The summed E-state index contributed by atoms with van der Waals surface area (Å²) < 4.78 is 33.2. The zero-order valence-electron chi connectivity index (χ0n) is 21.0. The second-order valence-electron chi connectivity index (χ2n) is 8.34. The van der Waals surface area contributed by atoms with Gasteiger partial charge in [-0.05, 0) is 49.6 Å². The number of hydrogen-bond donors (Lipinski definition) is 2. The number of hydrogen-bond acceptors (Lipinski definition) is 7. The largest absolute Gasteiger partial charge is 0.449 e. The Morgan fingerprint density at radius 3 is 2.62 bits per heavy atom. The van der Waals surface area contributed by atoms with Gasteiger partial charge in [-0.2, -0.15) is 0 Å². The fraction of sp³-hybridized carbons (Fsp3) is 0.360. The number of anilines is 1. The highest BCUT2D eigenvalue weighted by atomic mass is 35.5. The molecule has 37 heavy (non-hydrogen) atoms. The van der Waals surface area contributed by atoms with E-state index in [4.69, 9.17) is 16.3 Å². The molecule has 0 radical (unpaired) electrons. The third kappa shape index (κ3) is 7.77. The maximum absolute atomic E-state index is 12.6. The number of rotatable bonds is 11. The average molecular weight is 548 g/mol. The maximum Gasteiger partial charge on any atom is 0.411 e. The predicted octanol–water partition coefficient (Wildman–Crippen LogP) is 5.16. The number of allylic oxidation sites excluding steroid dienone is 1. The number of aromatic nitrogens is 3. The Hall–Kier alpha value is -3.44. The van der Waals surface area contributed by atoms with Gasteiger partial charge in [0.25, 0.3) is 15.9 Å². The summed E-state index contributed by atoms with van der Waals surface area (Å²) in [7, 11) is -3.93. The molecule has 0 unspecified atom stereocenters. The molecule has 10 nitrogen and oxygen atoms in total. The fourth-order valence-electron chi connectivity index (χ4n) is 3.39. The molecule has 0 aliphatic rings. The molecule has 198 valence electrons. The van der Waals surface area contributed by atoms with Crippen molar-refractivity contribution < 1.29 is 22.7 Å². The van der Waals surface area contributed by atoms with Gasteiger partial charge >= 0.3 is 6.09 Å². The molecule has 0 spiro atoms. The summed E-state index contributed by atoms with van der Waals surface area (Å²) >= 11 is 6.48. The number of nitrogens with zero attached hydrogens (tertiary/aromatic N) is 3. The Balaban J connectivity index is 1.79. The second kappa shape index (κ2) is 12.7. The van der Waals surface area contributed by atoms with E-state index in [-0.39, 0.29) is 5.69 Å². The van der Waals surface area contributed by atoms with E-state index in [1.807, 2.05) is 18.6 Å². The van der Waals surface area contributed by atoms with E-state index >= 15 is 0 Å². The average Bonchev–Trinajstić information content (AvgIpc) is 3.14. The number of pyridine rings is 1. The van der Waals surface area contributed by atoms with Crippen LogP contribution in [0.15, 0.2) is 41.8 Å². The maximum atomic E-state index is 12.6. The second-order valence-corrected chi connectivity index (χ2v) is 10.3. The molecule has 0 fully saturated rings. The lowest BCUT2D eigenvalue weighted by Gasteiger charge is -2.11. The van der Waals surface area contributed by atoms with Crippen LogP contribution in [0, 0.1) is 6.92 Å². The molecule has 0 aliphatic carbocycles. The number of aryl methyl sites for hydroxylation is 1. The van der Waals surface area contributed by atoms with Crippen LogP contribution in [0.1, 0.15) is 61.4 Å². The molecule has 0 atom stereocenters. The van der Waals surface area contributed by atoms with Gasteiger partial charge in [0.15, 0.2) is 5.65 Å². The van der Waals surface area contributed by atoms with Crippen molar-refractivity contribution in [3.8, 4) is 0 Å². The standard InChI is InChI=1S/C25H30ClN5O5S/c1-4-6-8-14-37(34,35)30-24(32)22-12-11-21-23(29-22)31(17(3)27-21)16-18-9-10-19(15-20(18)26)28-25(33)36-13-7-5-2/h8-12,14-15H,4-7,13,16H2,1-3H3,(H,28,33)(H,30,32)/b14-8+. The zero-order chi connectivity index (χ0) is 27.0. The van der Waals surface area contributed by atoms with E-state index < -0.39 is 22.0 Å². The number of sulfonamides is 1. The highest BCUT2D eigenvalue weighted by Gasteiger charge is 2.18. The van der Waals surface area contributed by atoms with Gasteiger partial charge in [0.2, 0.25) is 0 Å². The molecule has 3 rings (SSSR count). The van der Waals surface area contributed by atoms with Gasteiger partial charge < -0.3 is 9.30 Å². The highest BCUT2D eigenvalue weighted by Crippen LogP contribution is 2.24. The van der Waals surface area contributed by atoms with Gasteiger partial charge in [0, 0.05) is 16.1 Å². The number of amides is 2. The topological polar surface area (TPSA) is 132 Å². The lowest BCUT2D eigenvalue weighted by atomic mass is 10.2. The monoisotopic (exact) mass is 547 g/mol. The molecule has 2 N–H and O–H groups in total. The molecule has 0 bridgehead atoms. The van der Waals surface area contributed by atoms with Crippen molar-refractivity contribution in [3.05, 3.63) is 63.9 Å². The number of benzene rings is 1. The number of nitrogens with one attached hydrogen (secondary N) is 2. The van der Waals surface area contributed by atoms with Gasteiger partial charge in [0.05, 0.1) is 13.2 Å². The Labute approximate surface area is 221 Å². The van der Waals surface area contributed by atoms with Crippen molar-refractivity contribution >= 4 is 50.5 Å². The third-order valence-electron chi connectivity index (χ3n) is 5.34. The van der Waals surface area contributed by atoms with E-state index in [1.54, 1.807) is 35.8 Å². The van der Waals surface area contributed by atoms with Gasteiger partial charge in [-0.1, -0.05) is 50.4 Å². The van der Waals surface area contributed by atoms with Gasteiger partial charge in [-0.15, -0.1) is 0 Å². The van der Waals surface area contributed by atoms with Crippen molar-refractivity contribution in [2.45, 2.75) is 53.0 Å². The number of ether oxygens (including phenoxy) is 1. The van der Waals surface area contributed by atoms with E-state index in [1.165, 1.54) is 12.1 Å². The molecule has 1 aromatic carbocycles. The number of carbonyl (C=O) groups excluding carboxylic acids is 2. The lowest BCUT2D eigenvalue weighted by Crippen LogP contribution is -2.29. The van der Waals surface area contributed by atoms with Crippen molar-refractivity contribution in [1.29, 1.82) is 0 Å². The minimum absolute atomic E-state index is 0.0617. The summed E-state index contributed by atoms with van der Waals surface area (Å²) in [6, 6.07) is 8.13. The first-order valence-electron chi connectivity index (χ1n) is 11.9. The van der Waals surface area contributed by atoms with Crippen LogP contribution in [0.3, 0.4) is 0 Å². The Morgan fingerprint density at radius 1 is 1.14 bits per heavy atom. The number of halogens is 1.